The highest BCUT2D eigenvalue weighted by atomic mass is 127. The molecule has 2 aromatic carbocycles. The lowest BCUT2D eigenvalue weighted by atomic mass is 10.1. The first-order valence-corrected chi connectivity index (χ1v) is 5.73. The van der Waals surface area contributed by atoms with Crippen molar-refractivity contribution in [2.24, 2.45) is 0 Å². The normalized spacial score (nSPS) is 11.3. The number of aromatic hydroxyl groups is 1. The molecule has 2 N–H and O–H groups in total. The predicted molar refractivity (Wildman–Crippen MR) is 70.2 cm³/mol. The summed E-state index contributed by atoms with van der Waals surface area (Å²) in [4.78, 5) is 3.23. The van der Waals surface area contributed by atoms with Gasteiger partial charge in [0.05, 0.1) is 9.09 Å². The summed E-state index contributed by atoms with van der Waals surface area (Å²) in [6, 6.07) is 12.0. The number of aromatic nitrogens is 1. The minimum Gasteiger partial charge on any atom is -0.505 e. The lowest BCUT2D eigenvalue weighted by molar-refractivity contribution is 0.477. The van der Waals surface area contributed by atoms with Crippen LogP contribution in [0.1, 0.15) is 0 Å². The first-order valence-electron chi connectivity index (χ1n) is 4.65. The number of fused-ring (bicyclic) bond motifs is 3. The molecule has 3 heteroatoms. The molecule has 3 rings (SSSR count). The maximum atomic E-state index is 9.92. The van der Waals surface area contributed by atoms with Crippen LogP contribution in [0.2, 0.25) is 0 Å². The van der Waals surface area contributed by atoms with Crippen molar-refractivity contribution in [3.05, 3.63) is 40.0 Å². The van der Waals surface area contributed by atoms with E-state index in [0.29, 0.717) is 5.75 Å². The van der Waals surface area contributed by atoms with Crippen LogP contribution in [0, 0.1) is 3.57 Å². The minimum atomic E-state index is 0.337. The largest absolute Gasteiger partial charge is 0.505 e. The molecule has 0 saturated heterocycles. The minimum absolute atomic E-state index is 0.337. The first-order chi connectivity index (χ1) is 7.27. The molecule has 3 aromatic rings. The Balaban J connectivity index is 2.60. The fraction of sp³-hybridized carbons (Fsp3) is 0. The SMILES string of the molecule is Oc1c(I)ccc2c1[nH]c1ccccc12. The van der Waals surface area contributed by atoms with Gasteiger partial charge in [-0.05, 0) is 34.7 Å². The number of halogens is 1. The van der Waals surface area contributed by atoms with Crippen LogP contribution in [-0.2, 0) is 0 Å². The Morgan fingerprint density at radius 1 is 1.00 bits per heavy atom. The number of H-pyrrole nitrogens is 1. The Morgan fingerprint density at radius 3 is 2.67 bits per heavy atom. The number of hydrogen-bond donors (Lipinski definition) is 2. The van der Waals surface area contributed by atoms with Crippen LogP contribution in [0.3, 0.4) is 0 Å². The molecule has 0 radical (unpaired) electrons. The fourth-order valence-corrected chi connectivity index (χ4v) is 2.33. The summed E-state index contributed by atoms with van der Waals surface area (Å²) in [5.74, 6) is 0.337. The lowest BCUT2D eigenvalue weighted by Crippen LogP contribution is -1.75. The van der Waals surface area contributed by atoms with Crippen molar-refractivity contribution < 1.29 is 5.11 Å². The molecule has 1 aromatic heterocycles. The molecule has 0 saturated carbocycles. The van der Waals surface area contributed by atoms with Gasteiger partial charge in [0.15, 0.2) is 5.75 Å². The molecule has 2 nitrogen and oxygen atoms in total. The molecule has 15 heavy (non-hydrogen) atoms. The van der Waals surface area contributed by atoms with E-state index in [4.69, 9.17) is 0 Å². The fourth-order valence-electron chi connectivity index (χ4n) is 1.88. The summed E-state index contributed by atoms with van der Waals surface area (Å²) >= 11 is 2.13. The van der Waals surface area contributed by atoms with Crippen molar-refractivity contribution in [1.82, 2.24) is 4.98 Å². The van der Waals surface area contributed by atoms with E-state index < -0.39 is 0 Å². The highest BCUT2D eigenvalue weighted by Crippen LogP contribution is 2.33. The van der Waals surface area contributed by atoms with Crippen LogP contribution < -0.4 is 0 Å². The van der Waals surface area contributed by atoms with Gasteiger partial charge in [-0.15, -0.1) is 0 Å². The van der Waals surface area contributed by atoms with E-state index in [2.05, 4.69) is 33.6 Å². The Hall–Kier alpha value is -1.23. The topological polar surface area (TPSA) is 36.0 Å². The van der Waals surface area contributed by atoms with Gasteiger partial charge in [-0.1, -0.05) is 24.3 Å². The number of hydrogen-bond acceptors (Lipinski definition) is 1. The van der Waals surface area contributed by atoms with Crippen molar-refractivity contribution in [3.63, 3.8) is 0 Å². The summed E-state index contributed by atoms with van der Waals surface area (Å²) in [5, 5.41) is 12.1. The zero-order valence-electron chi connectivity index (χ0n) is 7.79. The van der Waals surface area contributed by atoms with Crippen LogP contribution in [0.5, 0.6) is 5.75 Å². The third kappa shape index (κ3) is 1.23. The van der Waals surface area contributed by atoms with E-state index in [1.807, 2.05) is 30.3 Å². The molecule has 0 unspecified atom stereocenters. The number of para-hydroxylation sites is 1. The molecule has 0 fully saturated rings. The molecular weight excluding hydrogens is 301 g/mol. The van der Waals surface area contributed by atoms with Crippen molar-refractivity contribution in [2.75, 3.05) is 0 Å². The highest BCUT2D eigenvalue weighted by molar-refractivity contribution is 14.1. The molecule has 74 valence electrons. The molecule has 0 aliphatic heterocycles. The van der Waals surface area contributed by atoms with E-state index in [1.165, 1.54) is 0 Å². The third-order valence-corrected chi connectivity index (χ3v) is 3.48. The molecule has 0 aliphatic rings. The number of aromatic amines is 1. The summed E-state index contributed by atoms with van der Waals surface area (Å²) in [6.45, 7) is 0. The van der Waals surface area contributed by atoms with Gasteiger partial charge in [0.25, 0.3) is 0 Å². The quantitative estimate of drug-likeness (QED) is 0.611. The number of phenolic OH excluding ortho intramolecular Hbond substituents is 1. The van der Waals surface area contributed by atoms with Gasteiger partial charge in [0, 0.05) is 16.3 Å². The zero-order valence-corrected chi connectivity index (χ0v) is 9.95. The molecule has 0 spiro atoms. The summed E-state index contributed by atoms with van der Waals surface area (Å²) in [6.07, 6.45) is 0. The van der Waals surface area contributed by atoms with Gasteiger partial charge in [-0.2, -0.15) is 0 Å². The van der Waals surface area contributed by atoms with Gasteiger partial charge in [0.2, 0.25) is 0 Å². The summed E-state index contributed by atoms with van der Waals surface area (Å²) in [7, 11) is 0. The predicted octanol–water partition coefficient (Wildman–Crippen LogP) is 3.63. The van der Waals surface area contributed by atoms with Crippen LogP contribution in [-0.4, -0.2) is 10.1 Å². The smallest absolute Gasteiger partial charge is 0.152 e. The maximum absolute atomic E-state index is 9.92. The summed E-state index contributed by atoms with van der Waals surface area (Å²) < 4.78 is 0.867. The molecule has 1 heterocycles. The average Bonchev–Trinajstić information content (AvgIpc) is 2.63. The van der Waals surface area contributed by atoms with Crippen molar-refractivity contribution >= 4 is 44.4 Å². The molecule has 0 atom stereocenters. The molecule has 0 amide bonds. The highest BCUT2D eigenvalue weighted by Gasteiger charge is 2.09. The van der Waals surface area contributed by atoms with Crippen LogP contribution in [0.4, 0.5) is 0 Å². The zero-order chi connectivity index (χ0) is 10.4. The Morgan fingerprint density at radius 2 is 1.80 bits per heavy atom. The standard InChI is InChI=1S/C12H8INO/c13-9-6-5-8-7-3-1-2-4-10(7)14-11(8)12(9)15/h1-6,14-15H. The second-order valence-corrected chi connectivity index (χ2v) is 4.65. The van der Waals surface area contributed by atoms with Crippen LogP contribution in [0.15, 0.2) is 36.4 Å². The van der Waals surface area contributed by atoms with Gasteiger partial charge in [0.1, 0.15) is 0 Å². The number of benzene rings is 2. The van der Waals surface area contributed by atoms with Crippen LogP contribution >= 0.6 is 22.6 Å². The Bertz CT molecular complexity index is 657. The van der Waals surface area contributed by atoms with Crippen molar-refractivity contribution in [3.8, 4) is 5.75 Å². The second-order valence-electron chi connectivity index (χ2n) is 3.49. The lowest BCUT2D eigenvalue weighted by Gasteiger charge is -1.97. The number of rotatable bonds is 0. The van der Waals surface area contributed by atoms with E-state index in [9.17, 15) is 5.11 Å². The van der Waals surface area contributed by atoms with E-state index in [1.54, 1.807) is 0 Å². The number of phenols is 1. The van der Waals surface area contributed by atoms with Crippen molar-refractivity contribution in [2.45, 2.75) is 0 Å². The van der Waals surface area contributed by atoms with Crippen molar-refractivity contribution in [1.29, 1.82) is 0 Å². The van der Waals surface area contributed by atoms with E-state index >= 15 is 0 Å². The molecule has 0 aliphatic carbocycles. The molecule has 0 bridgehead atoms. The third-order valence-electron chi connectivity index (χ3n) is 2.61. The first kappa shape index (κ1) is 9.03. The Labute approximate surface area is 100 Å². The average molecular weight is 309 g/mol. The van der Waals surface area contributed by atoms with E-state index in [-0.39, 0.29) is 0 Å². The van der Waals surface area contributed by atoms with Crippen LogP contribution in [0.25, 0.3) is 21.8 Å². The second kappa shape index (κ2) is 3.13. The van der Waals surface area contributed by atoms with Gasteiger partial charge in [-0.25, -0.2) is 0 Å². The van der Waals surface area contributed by atoms with Gasteiger partial charge in [-0.3, -0.25) is 0 Å². The maximum Gasteiger partial charge on any atom is 0.152 e. The van der Waals surface area contributed by atoms with E-state index in [0.717, 1.165) is 25.4 Å². The Kier molecular flexibility index (Phi) is 1.88. The van der Waals surface area contributed by atoms with Gasteiger partial charge < -0.3 is 10.1 Å². The number of nitrogens with one attached hydrogen (secondary N) is 1. The monoisotopic (exact) mass is 309 g/mol. The summed E-state index contributed by atoms with van der Waals surface area (Å²) in [5.41, 5.74) is 1.88. The van der Waals surface area contributed by atoms with Gasteiger partial charge >= 0.3 is 0 Å². The molecular formula is C12H8INO.